The van der Waals surface area contributed by atoms with E-state index < -0.39 is 17.9 Å². The highest BCUT2D eigenvalue weighted by Crippen LogP contribution is 2.28. The van der Waals surface area contributed by atoms with Gasteiger partial charge in [0.2, 0.25) is 0 Å². The highest BCUT2D eigenvalue weighted by molar-refractivity contribution is 6.08. The van der Waals surface area contributed by atoms with Gasteiger partial charge in [-0.15, -0.1) is 13.2 Å². The van der Waals surface area contributed by atoms with Crippen molar-refractivity contribution in [2.45, 2.75) is 6.36 Å². The number of pyridine rings is 1. The van der Waals surface area contributed by atoms with Crippen molar-refractivity contribution in [3.05, 3.63) is 64.7 Å². The SMILES string of the molecule is COC(=O)c1ccc2c(c1)[nH]c(=O)c1c(Nc3ccc(OC(F)(F)F)cc3)ncnc12. The zero-order valence-electron chi connectivity index (χ0n) is 15.8. The second kappa shape index (κ2) is 7.59. The molecule has 2 heterocycles. The molecule has 31 heavy (non-hydrogen) atoms. The number of fused-ring (bicyclic) bond motifs is 3. The molecule has 0 fully saturated rings. The lowest BCUT2D eigenvalue weighted by atomic mass is 10.1. The van der Waals surface area contributed by atoms with Crippen LogP contribution in [0.1, 0.15) is 10.4 Å². The topological polar surface area (TPSA) is 106 Å². The number of methoxy groups -OCH3 is 1. The van der Waals surface area contributed by atoms with Gasteiger partial charge in [-0.1, -0.05) is 0 Å². The maximum atomic E-state index is 12.7. The Hall–Kier alpha value is -4.15. The van der Waals surface area contributed by atoms with Crippen LogP contribution in [-0.2, 0) is 4.74 Å². The minimum absolute atomic E-state index is 0.149. The average Bonchev–Trinajstić information content (AvgIpc) is 2.73. The van der Waals surface area contributed by atoms with Gasteiger partial charge in [-0.3, -0.25) is 4.79 Å². The summed E-state index contributed by atoms with van der Waals surface area (Å²) in [6.45, 7) is 0. The summed E-state index contributed by atoms with van der Waals surface area (Å²) >= 11 is 0. The molecule has 0 unspecified atom stereocenters. The van der Waals surface area contributed by atoms with E-state index >= 15 is 0 Å². The maximum absolute atomic E-state index is 12.7. The Morgan fingerprint density at radius 1 is 1.10 bits per heavy atom. The number of anilines is 2. The Labute approximate surface area is 171 Å². The standard InChI is InChI=1S/C20H13F3N4O4/c1-30-19(29)10-2-7-13-14(8-10)27-18(28)15-16(13)24-9-25-17(15)26-11-3-5-12(6-4-11)31-20(21,22)23/h2-9H,1H3,(H,27,28)(H,24,25,26). The molecule has 8 nitrogen and oxygen atoms in total. The summed E-state index contributed by atoms with van der Waals surface area (Å²) in [6.07, 6.45) is -3.54. The van der Waals surface area contributed by atoms with Gasteiger partial charge < -0.3 is 19.8 Å². The van der Waals surface area contributed by atoms with Crippen LogP contribution in [0.3, 0.4) is 0 Å². The number of benzene rings is 2. The van der Waals surface area contributed by atoms with Gasteiger partial charge in [0.15, 0.2) is 0 Å². The van der Waals surface area contributed by atoms with Crippen LogP contribution in [0.5, 0.6) is 5.75 Å². The van der Waals surface area contributed by atoms with Crippen LogP contribution >= 0.6 is 0 Å². The van der Waals surface area contributed by atoms with Gasteiger partial charge in [0.1, 0.15) is 23.3 Å². The lowest BCUT2D eigenvalue weighted by molar-refractivity contribution is -0.274. The van der Waals surface area contributed by atoms with Crippen molar-refractivity contribution >= 4 is 39.3 Å². The van der Waals surface area contributed by atoms with E-state index in [0.717, 1.165) is 12.1 Å². The molecule has 0 saturated heterocycles. The number of hydrogen-bond donors (Lipinski definition) is 2. The van der Waals surface area contributed by atoms with Crippen LogP contribution < -0.4 is 15.6 Å². The Morgan fingerprint density at radius 2 is 1.84 bits per heavy atom. The molecule has 2 aromatic carbocycles. The molecule has 0 bridgehead atoms. The van der Waals surface area contributed by atoms with Crippen molar-refractivity contribution in [1.29, 1.82) is 0 Å². The lowest BCUT2D eigenvalue weighted by Crippen LogP contribution is -2.17. The number of nitrogens with zero attached hydrogens (tertiary/aromatic N) is 2. The van der Waals surface area contributed by atoms with Crippen LogP contribution in [0.4, 0.5) is 24.7 Å². The number of halogens is 3. The summed E-state index contributed by atoms with van der Waals surface area (Å²) in [5, 5.41) is 3.62. The predicted molar refractivity (Wildman–Crippen MR) is 105 cm³/mol. The molecule has 0 aliphatic carbocycles. The van der Waals surface area contributed by atoms with Crippen molar-refractivity contribution in [1.82, 2.24) is 15.0 Å². The molecule has 0 saturated carbocycles. The molecule has 0 spiro atoms. The lowest BCUT2D eigenvalue weighted by Gasteiger charge is -2.11. The number of rotatable bonds is 4. The number of carbonyl (C=O) groups excluding carboxylic acids is 1. The Bertz CT molecular complexity index is 1350. The number of hydrogen-bond acceptors (Lipinski definition) is 7. The third-order valence-corrected chi connectivity index (χ3v) is 4.37. The first-order valence-corrected chi connectivity index (χ1v) is 8.77. The Balaban J connectivity index is 1.75. The molecule has 2 aromatic heterocycles. The number of aromatic amines is 1. The fraction of sp³-hybridized carbons (Fsp3) is 0.100. The van der Waals surface area contributed by atoms with Crippen molar-refractivity contribution < 1.29 is 27.4 Å². The van der Waals surface area contributed by atoms with Crippen molar-refractivity contribution in [2.24, 2.45) is 0 Å². The first kappa shape index (κ1) is 20.1. The second-order valence-electron chi connectivity index (χ2n) is 6.35. The van der Waals surface area contributed by atoms with E-state index in [1.165, 1.54) is 31.6 Å². The molecule has 0 aliphatic heterocycles. The minimum Gasteiger partial charge on any atom is -0.465 e. The fourth-order valence-corrected chi connectivity index (χ4v) is 3.06. The van der Waals surface area contributed by atoms with Gasteiger partial charge in [-0.2, -0.15) is 0 Å². The molecule has 0 atom stereocenters. The first-order chi connectivity index (χ1) is 14.7. The van der Waals surface area contributed by atoms with E-state index in [1.54, 1.807) is 12.1 Å². The number of nitrogens with one attached hydrogen (secondary N) is 2. The van der Waals surface area contributed by atoms with Crippen molar-refractivity contribution in [3.8, 4) is 5.75 Å². The largest absolute Gasteiger partial charge is 0.573 e. The van der Waals surface area contributed by atoms with Crippen LogP contribution in [-0.4, -0.2) is 34.4 Å². The molecular weight excluding hydrogens is 417 g/mol. The summed E-state index contributed by atoms with van der Waals surface area (Å²) in [4.78, 5) is 35.4. The number of alkyl halides is 3. The van der Waals surface area contributed by atoms with Crippen LogP contribution in [0.25, 0.3) is 21.8 Å². The van der Waals surface area contributed by atoms with Gasteiger partial charge in [-0.05, 0) is 42.5 Å². The summed E-state index contributed by atoms with van der Waals surface area (Å²) < 4.78 is 45.4. The Morgan fingerprint density at radius 3 is 2.52 bits per heavy atom. The quantitative estimate of drug-likeness (QED) is 0.374. The summed E-state index contributed by atoms with van der Waals surface area (Å²) in [5.74, 6) is -0.767. The molecule has 4 aromatic rings. The van der Waals surface area contributed by atoms with Gasteiger partial charge >= 0.3 is 12.3 Å². The van der Waals surface area contributed by atoms with Gasteiger partial charge in [0.05, 0.1) is 23.7 Å². The summed E-state index contributed by atoms with van der Waals surface area (Å²) in [6, 6.07) is 9.62. The second-order valence-corrected chi connectivity index (χ2v) is 6.35. The number of H-pyrrole nitrogens is 1. The molecule has 158 valence electrons. The van der Waals surface area contributed by atoms with Gasteiger partial charge in [0.25, 0.3) is 5.56 Å². The van der Waals surface area contributed by atoms with Crippen molar-refractivity contribution in [2.75, 3.05) is 12.4 Å². The summed E-state index contributed by atoms with van der Waals surface area (Å²) in [5.41, 5.74) is 0.863. The molecule has 4 rings (SSSR count). The normalized spacial score (nSPS) is 11.5. The number of aromatic nitrogens is 3. The average molecular weight is 430 g/mol. The number of esters is 1. The molecule has 0 radical (unpaired) electrons. The van der Waals surface area contributed by atoms with Gasteiger partial charge in [-0.25, -0.2) is 14.8 Å². The van der Waals surface area contributed by atoms with Gasteiger partial charge in [0, 0.05) is 11.1 Å². The van der Waals surface area contributed by atoms with E-state index in [2.05, 4.69) is 29.7 Å². The molecular formula is C20H13F3N4O4. The van der Waals surface area contributed by atoms with Crippen LogP contribution in [0.2, 0.25) is 0 Å². The van der Waals surface area contributed by atoms with E-state index in [-0.39, 0.29) is 22.5 Å². The smallest absolute Gasteiger partial charge is 0.465 e. The monoisotopic (exact) mass is 430 g/mol. The minimum atomic E-state index is -4.79. The summed E-state index contributed by atoms with van der Waals surface area (Å²) in [7, 11) is 1.25. The fourth-order valence-electron chi connectivity index (χ4n) is 3.06. The zero-order chi connectivity index (χ0) is 22.2. The number of ether oxygens (including phenoxy) is 2. The third-order valence-electron chi connectivity index (χ3n) is 4.37. The molecule has 11 heteroatoms. The molecule has 2 N–H and O–H groups in total. The molecule has 0 aliphatic rings. The third kappa shape index (κ3) is 4.10. The van der Waals surface area contributed by atoms with E-state index in [1.807, 2.05) is 0 Å². The predicted octanol–water partition coefficient (Wildman–Crippen LogP) is 3.90. The first-order valence-electron chi connectivity index (χ1n) is 8.77. The Kier molecular flexibility index (Phi) is 4.93. The zero-order valence-corrected chi connectivity index (χ0v) is 15.8. The number of carbonyl (C=O) groups is 1. The maximum Gasteiger partial charge on any atom is 0.573 e. The van der Waals surface area contributed by atoms with Crippen molar-refractivity contribution in [3.63, 3.8) is 0 Å². The van der Waals surface area contributed by atoms with E-state index in [4.69, 9.17) is 0 Å². The van der Waals surface area contributed by atoms with E-state index in [0.29, 0.717) is 22.1 Å². The van der Waals surface area contributed by atoms with E-state index in [9.17, 15) is 22.8 Å². The van der Waals surface area contributed by atoms with Crippen LogP contribution in [0, 0.1) is 0 Å². The highest BCUT2D eigenvalue weighted by atomic mass is 19.4. The molecule has 0 amide bonds. The van der Waals surface area contributed by atoms with Crippen LogP contribution in [0.15, 0.2) is 53.6 Å². The highest BCUT2D eigenvalue weighted by Gasteiger charge is 2.31.